The molecular weight excluding hydrogens is 236 g/mol. The molecule has 0 amide bonds. The van der Waals surface area contributed by atoms with Crippen LogP contribution in [-0.2, 0) is 0 Å². The zero-order chi connectivity index (χ0) is 13.7. The minimum Gasteiger partial charge on any atom is -0.392 e. The Labute approximate surface area is 119 Å². The second-order valence-electron chi connectivity index (χ2n) is 6.96. The van der Waals surface area contributed by atoms with Gasteiger partial charge in [-0.2, -0.15) is 0 Å². The number of β-amino-alcohol motifs (C(OH)–C–C–N with tert-alkyl or cyclic N) is 1. The highest BCUT2D eigenvalue weighted by atomic mass is 16.3. The van der Waals surface area contributed by atoms with Gasteiger partial charge in [0.25, 0.3) is 0 Å². The van der Waals surface area contributed by atoms with Gasteiger partial charge in [-0.15, -0.1) is 0 Å². The van der Waals surface area contributed by atoms with Gasteiger partial charge in [-0.05, 0) is 64.6 Å². The largest absolute Gasteiger partial charge is 0.392 e. The molecular formula is C16H32N2O. The Morgan fingerprint density at radius 1 is 1.05 bits per heavy atom. The fourth-order valence-corrected chi connectivity index (χ4v) is 3.87. The lowest BCUT2D eigenvalue weighted by molar-refractivity contribution is 0.0910. The van der Waals surface area contributed by atoms with Crippen molar-refractivity contribution in [3.05, 3.63) is 0 Å². The standard InChI is InChI=1S/C16H32N2O/c1-14(19)11-18-9-7-16(8-10-18)13-17(2)12-15-5-3-4-6-15/h14-16,19H,3-13H2,1-2H3/t14-/m0/s1. The molecule has 1 saturated carbocycles. The molecule has 0 spiro atoms. The first-order valence-corrected chi connectivity index (χ1v) is 8.22. The average molecular weight is 268 g/mol. The lowest BCUT2D eigenvalue weighted by atomic mass is 9.95. The number of hydrogen-bond acceptors (Lipinski definition) is 3. The summed E-state index contributed by atoms with van der Waals surface area (Å²) < 4.78 is 0. The minimum atomic E-state index is -0.179. The van der Waals surface area contributed by atoms with Crippen LogP contribution < -0.4 is 0 Å². The van der Waals surface area contributed by atoms with Crippen molar-refractivity contribution < 1.29 is 5.11 Å². The molecule has 2 rings (SSSR count). The van der Waals surface area contributed by atoms with Gasteiger partial charge >= 0.3 is 0 Å². The number of likely N-dealkylation sites (tertiary alicyclic amines) is 1. The highest BCUT2D eigenvalue weighted by molar-refractivity contribution is 4.77. The Bertz CT molecular complexity index is 243. The molecule has 1 aliphatic heterocycles. The van der Waals surface area contributed by atoms with Crippen molar-refractivity contribution in [2.24, 2.45) is 11.8 Å². The SMILES string of the molecule is C[C@H](O)CN1CCC(CN(C)CC2CCCC2)CC1. The van der Waals surface area contributed by atoms with Gasteiger partial charge < -0.3 is 14.9 Å². The molecule has 0 unspecified atom stereocenters. The predicted octanol–water partition coefficient (Wildman–Crippen LogP) is 2.20. The molecule has 0 radical (unpaired) electrons. The Balaban J connectivity index is 1.61. The molecule has 0 aromatic carbocycles. The molecule has 0 aromatic rings. The summed E-state index contributed by atoms with van der Waals surface area (Å²) in [6, 6.07) is 0. The summed E-state index contributed by atoms with van der Waals surface area (Å²) in [6.07, 6.45) is 8.26. The van der Waals surface area contributed by atoms with Crippen LogP contribution in [0.2, 0.25) is 0 Å². The van der Waals surface area contributed by atoms with Crippen molar-refractivity contribution >= 4 is 0 Å². The zero-order valence-electron chi connectivity index (χ0n) is 12.9. The minimum absolute atomic E-state index is 0.179. The van der Waals surface area contributed by atoms with Crippen LogP contribution in [0.15, 0.2) is 0 Å². The van der Waals surface area contributed by atoms with Gasteiger partial charge in [-0.1, -0.05) is 12.8 Å². The Hall–Kier alpha value is -0.120. The van der Waals surface area contributed by atoms with Gasteiger partial charge in [-0.25, -0.2) is 0 Å². The summed E-state index contributed by atoms with van der Waals surface area (Å²) >= 11 is 0. The molecule has 1 aliphatic carbocycles. The van der Waals surface area contributed by atoms with Crippen molar-refractivity contribution in [3.8, 4) is 0 Å². The van der Waals surface area contributed by atoms with Crippen molar-refractivity contribution in [3.63, 3.8) is 0 Å². The number of aliphatic hydroxyl groups is 1. The molecule has 1 saturated heterocycles. The monoisotopic (exact) mass is 268 g/mol. The molecule has 0 aromatic heterocycles. The van der Waals surface area contributed by atoms with Gasteiger partial charge in [0.15, 0.2) is 0 Å². The molecule has 19 heavy (non-hydrogen) atoms. The van der Waals surface area contributed by atoms with E-state index in [9.17, 15) is 5.11 Å². The van der Waals surface area contributed by atoms with Gasteiger partial charge in [0, 0.05) is 19.6 Å². The maximum absolute atomic E-state index is 9.43. The topological polar surface area (TPSA) is 26.7 Å². The third-order valence-corrected chi connectivity index (χ3v) is 4.84. The first kappa shape index (κ1) is 15.3. The summed E-state index contributed by atoms with van der Waals surface area (Å²) in [6.45, 7) is 7.68. The molecule has 2 aliphatic rings. The van der Waals surface area contributed by atoms with Gasteiger partial charge in [-0.3, -0.25) is 0 Å². The number of aliphatic hydroxyl groups excluding tert-OH is 1. The first-order valence-electron chi connectivity index (χ1n) is 8.22. The smallest absolute Gasteiger partial charge is 0.0639 e. The first-order chi connectivity index (χ1) is 9.13. The van der Waals surface area contributed by atoms with E-state index in [1.807, 2.05) is 6.92 Å². The lowest BCUT2D eigenvalue weighted by Gasteiger charge is -2.34. The van der Waals surface area contributed by atoms with E-state index in [0.717, 1.165) is 18.4 Å². The molecule has 112 valence electrons. The second-order valence-corrected chi connectivity index (χ2v) is 6.96. The van der Waals surface area contributed by atoms with E-state index in [1.165, 1.54) is 64.7 Å². The highest BCUT2D eigenvalue weighted by Gasteiger charge is 2.22. The summed E-state index contributed by atoms with van der Waals surface area (Å²) in [7, 11) is 2.31. The van der Waals surface area contributed by atoms with E-state index >= 15 is 0 Å². The maximum atomic E-state index is 9.43. The fraction of sp³-hybridized carbons (Fsp3) is 1.00. The van der Waals surface area contributed by atoms with Crippen LogP contribution >= 0.6 is 0 Å². The number of nitrogens with zero attached hydrogens (tertiary/aromatic N) is 2. The molecule has 1 heterocycles. The van der Waals surface area contributed by atoms with Crippen molar-refractivity contribution in [1.82, 2.24) is 9.80 Å². The molecule has 0 bridgehead atoms. The van der Waals surface area contributed by atoms with Crippen LogP contribution in [0.25, 0.3) is 0 Å². The quantitative estimate of drug-likeness (QED) is 0.800. The summed E-state index contributed by atoms with van der Waals surface area (Å²) in [5, 5.41) is 9.43. The van der Waals surface area contributed by atoms with Crippen LogP contribution in [0.1, 0.15) is 45.4 Å². The number of rotatable bonds is 6. The molecule has 3 nitrogen and oxygen atoms in total. The summed E-state index contributed by atoms with van der Waals surface area (Å²) in [4.78, 5) is 4.99. The van der Waals surface area contributed by atoms with E-state index < -0.39 is 0 Å². The molecule has 3 heteroatoms. The number of hydrogen-bond donors (Lipinski definition) is 1. The fourth-order valence-electron chi connectivity index (χ4n) is 3.87. The summed E-state index contributed by atoms with van der Waals surface area (Å²) in [5.41, 5.74) is 0. The average Bonchev–Trinajstić information content (AvgIpc) is 2.83. The zero-order valence-corrected chi connectivity index (χ0v) is 12.9. The van der Waals surface area contributed by atoms with E-state index in [0.29, 0.717) is 0 Å². The third kappa shape index (κ3) is 5.41. The number of piperidine rings is 1. The van der Waals surface area contributed by atoms with E-state index in [2.05, 4.69) is 16.8 Å². The molecule has 1 N–H and O–H groups in total. The van der Waals surface area contributed by atoms with Crippen LogP contribution in [0.3, 0.4) is 0 Å². The van der Waals surface area contributed by atoms with Crippen LogP contribution in [0, 0.1) is 11.8 Å². The van der Waals surface area contributed by atoms with Crippen molar-refractivity contribution in [2.75, 3.05) is 39.8 Å². The van der Waals surface area contributed by atoms with Crippen LogP contribution in [0.5, 0.6) is 0 Å². The Morgan fingerprint density at radius 3 is 2.11 bits per heavy atom. The molecule has 1 atom stereocenters. The lowest BCUT2D eigenvalue weighted by Crippen LogP contribution is -2.41. The Morgan fingerprint density at radius 2 is 1.58 bits per heavy atom. The van der Waals surface area contributed by atoms with Crippen LogP contribution in [-0.4, -0.2) is 60.8 Å². The summed E-state index contributed by atoms with van der Waals surface area (Å²) in [5.74, 6) is 1.84. The highest BCUT2D eigenvalue weighted by Crippen LogP contribution is 2.26. The van der Waals surface area contributed by atoms with Crippen molar-refractivity contribution in [1.29, 1.82) is 0 Å². The van der Waals surface area contributed by atoms with Crippen molar-refractivity contribution in [2.45, 2.75) is 51.6 Å². The maximum Gasteiger partial charge on any atom is 0.0639 e. The predicted molar refractivity (Wildman–Crippen MR) is 80.3 cm³/mol. The third-order valence-electron chi connectivity index (χ3n) is 4.84. The van der Waals surface area contributed by atoms with Gasteiger partial charge in [0.05, 0.1) is 6.10 Å². The van der Waals surface area contributed by atoms with E-state index in [-0.39, 0.29) is 6.10 Å². The molecule has 2 fully saturated rings. The Kier molecular flexibility index (Phi) is 6.11. The van der Waals surface area contributed by atoms with E-state index in [1.54, 1.807) is 0 Å². The van der Waals surface area contributed by atoms with E-state index in [4.69, 9.17) is 0 Å². The van der Waals surface area contributed by atoms with Crippen LogP contribution in [0.4, 0.5) is 0 Å². The van der Waals surface area contributed by atoms with Gasteiger partial charge in [0.2, 0.25) is 0 Å². The normalized spacial score (nSPS) is 25.3. The van der Waals surface area contributed by atoms with Gasteiger partial charge in [0.1, 0.15) is 0 Å². The second kappa shape index (κ2) is 7.61.